The van der Waals surface area contributed by atoms with Crippen LogP contribution in [-0.4, -0.2) is 103 Å². The topological polar surface area (TPSA) is 192 Å². The first-order chi connectivity index (χ1) is 25.8. The molecule has 16 nitrogen and oxygen atoms in total. The normalized spacial score (nSPS) is 17.1. The maximum absolute atomic E-state index is 13.0. The van der Waals surface area contributed by atoms with E-state index in [1.165, 1.54) is 16.5 Å². The molecule has 2 atom stereocenters. The standard InChI is InChI=1S/C20H25N3O5.C19H23N3O5/c1-20(2,3)28-19(26)22-10-9-13(12-22)23-18(25)15-8-6-5-7-14(15)16(21-23)11-17(24)27-4;1-19(2,3)27-18(26)21-9-8-12(11-21)22-17(25)14-7-5-4-6-13(14)15(20-22)10-16(23)24/h5-8,13H,9-12H2,1-4H3;4-7,12H,8-11H2,1-3H3,(H,23,24). The van der Waals surface area contributed by atoms with Gasteiger partial charge in [-0.1, -0.05) is 36.4 Å². The van der Waals surface area contributed by atoms with E-state index in [4.69, 9.17) is 14.2 Å². The number of fused-ring (bicyclic) bond motifs is 2. The molecule has 0 aliphatic carbocycles. The number of aromatic nitrogens is 4. The molecule has 2 saturated heterocycles. The van der Waals surface area contributed by atoms with Crippen LogP contribution < -0.4 is 11.1 Å². The SMILES string of the molecule is CC(C)(C)OC(=O)N1CCC(n2nc(CC(=O)O)c3ccccc3c2=O)C1.COC(=O)Cc1nn(C2CCN(C(=O)OC(C)(C)C)C2)c(=O)c2ccccc12. The molecule has 2 aromatic carbocycles. The van der Waals surface area contributed by atoms with Crippen LogP contribution in [0.25, 0.3) is 21.5 Å². The molecule has 0 bridgehead atoms. The third kappa shape index (κ3) is 9.85. The van der Waals surface area contributed by atoms with Crippen molar-refractivity contribution >= 4 is 45.7 Å². The van der Waals surface area contributed by atoms with Gasteiger partial charge in [-0.3, -0.25) is 19.2 Å². The molecule has 0 saturated carbocycles. The van der Waals surface area contributed by atoms with Gasteiger partial charge in [-0.25, -0.2) is 19.0 Å². The minimum atomic E-state index is -1.01. The molecule has 294 valence electrons. The summed E-state index contributed by atoms with van der Waals surface area (Å²) in [6.07, 6.45) is 0.00521. The fourth-order valence-corrected chi connectivity index (χ4v) is 6.52. The Bertz CT molecular complexity index is 2220. The quantitative estimate of drug-likeness (QED) is 0.214. The maximum Gasteiger partial charge on any atom is 0.410 e. The largest absolute Gasteiger partial charge is 0.481 e. The summed E-state index contributed by atoms with van der Waals surface area (Å²) in [7, 11) is 1.32. The number of carboxylic acid groups (broad SMARTS) is 1. The van der Waals surface area contributed by atoms with Gasteiger partial charge in [0.2, 0.25) is 0 Å². The summed E-state index contributed by atoms with van der Waals surface area (Å²) in [6.45, 7) is 12.4. The predicted molar refractivity (Wildman–Crippen MR) is 202 cm³/mol. The number of methoxy groups -OCH3 is 1. The first-order valence-corrected chi connectivity index (χ1v) is 18.1. The smallest absolute Gasteiger partial charge is 0.410 e. The first-order valence-electron chi connectivity index (χ1n) is 18.1. The maximum atomic E-state index is 13.0. The molecular formula is C39H48N6O10. The van der Waals surface area contributed by atoms with Gasteiger partial charge < -0.3 is 29.1 Å². The van der Waals surface area contributed by atoms with Gasteiger partial charge in [0.25, 0.3) is 11.1 Å². The number of esters is 1. The van der Waals surface area contributed by atoms with Crippen LogP contribution in [0.3, 0.4) is 0 Å². The van der Waals surface area contributed by atoms with Gasteiger partial charge in [-0.2, -0.15) is 10.2 Å². The van der Waals surface area contributed by atoms with Gasteiger partial charge in [0, 0.05) is 37.0 Å². The zero-order valence-corrected chi connectivity index (χ0v) is 32.2. The highest BCUT2D eigenvalue weighted by Crippen LogP contribution is 2.25. The number of nitrogens with zero attached hydrogens (tertiary/aromatic N) is 6. The fourth-order valence-electron chi connectivity index (χ4n) is 6.52. The van der Waals surface area contributed by atoms with Crippen molar-refractivity contribution < 1.29 is 38.5 Å². The molecule has 0 spiro atoms. The lowest BCUT2D eigenvalue weighted by Crippen LogP contribution is -2.36. The first kappa shape index (κ1) is 40.4. The van der Waals surface area contributed by atoms with E-state index in [-0.39, 0.29) is 36.0 Å². The number of carbonyl (C=O) groups excluding carboxylic acids is 3. The van der Waals surface area contributed by atoms with Crippen molar-refractivity contribution in [3.63, 3.8) is 0 Å². The molecule has 1 N–H and O–H groups in total. The van der Waals surface area contributed by atoms with Crippen LogP contribution in [0.5, 0.6) is 0 Å². The summed E-state index contributed by atoms with van der Waals surface area (Å²) in [5, 5.41) is 20.1. The van der Waals surface area contributed by atoms with Crippen LogP contribution in [0.2, 0.25) is 0 Å². The average molecular weight is 761 g/mol. The number of likely N-dealkylation sites (tertiary alicyclic amines) is 2. The Morgan fingerprint density at radius 3 is 1.42 bits per heavy atom. The van der Waals surface area contributed by atoms with E-state index in [0.29, 0.717) is 72.0 Å². The van der Waals surface area contributed by atoms with Crippen molar-refractivity contribution in [3.8, 4) is 0 Å². The van der Waals surface area contributed by atoms with E-state index in [0.717, 1.165) is 0 Å². The summed E-state index contributed by atoms with van der Waals surface area (Å²) in [4.78, 5) is 76.6. The molecule has 55 heavy (non-hydrogen) atoms. The number of amides is 2. The molecular weight excluding hydrogens is 712 g/mol. The van der Waals surface area contributed by atoms with Crippen molar-refractivity contribution in [2.45, 2.75) is 90.5 Å². The fraction of sp³-hybridized carbons (Fsp3) is 0.487. The third-order valence-corrected chi connectivity index (χ3v) is 8.99. The number of hydrogen-bond acceptors (Lipinski definition) is 11. The third-order valence-electron chi connectivity index (χ3n) is 8.99. The van der Waals surface area contributed by atoms with Crippen molar-refractivity contribution in [3.05, 3.63) is 80.6 Å². The van der Waals surface area contributed by atoms with E-state index >= 15 is 0 Å². The minimum Gasteiger partial charge on any atom is -0.481 e. The van der Waals surface area contributed by atoms with Crippen molar-refractivity contribution in [2.75, 3.05) is 33.3 Å². The number of carbonyl (C=O) groups is 4. The monoisotopic (exact) mass is 760 g/mol. The van der Waals surface area contributed by atoms with Crippen LogP contribution in [0.1, 0.15) is 77.9 Å². The lowest BCUT2D eigenvalue weighted by atomic mass is 10.1. The molecule has 4 heterocycles. The Hall–Kier alpha value is -5.80. The lowest BCUT2D eigenvalue weighted by Gasteiger charge is -2.24. The van der Waals surface area contributed by atoms with Crippen LogP contribution in [0.15, 0.2) is 58.1 Å². The van der Waals surface area contributed by atoms with Gasteiger partial charge in [0.05, 0.1) is 54.2 Å². The Morgan fingerprint density at radius 1 is 0.673 bits per heavy atom. The highest BCUT2D eigenvalue weighted by Gasteiger charge is 2.34. The van der Waals surface area contributed by atoms with Gasteiger partial charge in [-0.15, -0.1) is 0 Å². The molecule has 6 rings (SSSR count). The second kappa shape index (κ2) is 16.3. The number of carboxylic acids is 1. The van der Waals surface area contributed by atoms with Gasteiger partial charge in [-0.05, 0) is 66.5 Å². The molecule has 4 aromatic rings. The molecule has 2 fully saturated rings. The molecule has 2 aliphatic rings. The van der Waals surface area contributed by atoms with Crippen molar-refractivity contribution in [1.82, 2.24) is 29.4 Å². The number of ether oxygens (including phenoxy) is 3. The Kier molecular flexibility index (Phi) is 12.0. The lowest BCUT2D eigenvalue weighted by molar-refractivity contribution is -0.140. The van der Waals surface area contributed by atoms with Crippen LogP contribution in [0.4, 0.5) is 9.59 Å². The predicted octanol–water partition coefficient (Wildman–Crippen LogP) is 4.50. The highest BCUT2D eigenvalue weighted by atomic mass is 16.6. The van der Waals surface area contributed by atoms with E-state index in [1.54, 1.807) is 79.1 Å². The van der Waals surface area contributed by atoms with Gasteiger partial charge >= 0.3 is 24.1 Å². The van der Waals surface area contributed by atoms with Crippen molar-refractivity contribution in [1.29, 1.82) is 0 Å². The number of hydrogen-bond donors (Lipinski definition) is 1. The molecule has 2 aliphatic heterocycles. The van der Waals surface area contributed by atoms with E-state index < -0.39 is 35.3 Å². The van der Waals surface area contributed by atoms with Crippen LogP contribution in [-0.2, 0) is 36.6 Å². The zero-order valence-electron chi connectivity index (χ0n) is 32.2. The average Bonchev–Trinajstić information content (AvgIpc) is 3.81. The summed E-state index contributed by atoms with van der Waals surface area (Å²) in [5.41, 5.74) is -0.870. The minimum absolute atomic E-state index is 0.0280. The molecule has 2 amide bonds. The zero-order chi connectivity index (χ0) is 40.2. The summed E-state index contributed by atoms with van der Waals surface area (Å²) >= 11 is 0. The van der Waals surface area contributed by atoms with Crippen molar-refractivity contribution in [2.24, 2.45) is 0 Å². The summed E-state index contributed by atoms with van der Waals surface area (Å²) in [5.74, 6) is -1.44. The Morgan fingerprint density at radius 2 is 1.05 bits per heavy atom. The Labute approximate surface area is 317 Å². The van der Waals surface area contributed by atoms with E-state index in [1.807, 2.05) is 20.8 Å². The molecule has 16 heteroatoms. The number of rotatable bonds is 6. The molecule has 2 unspecified atom stereocenters. The van der Waals surface area contributed by atoms with Gasteiger partial charge in [0.1, 0.15) is 11.2 Å². The second-order valence-electron chi connectivity index (χ2n) is 15.5. The second-order valence-corrected chi connectivity index (χ2v) is 15.5. The van der Waals surface area contributed by atoms with E-state index in [2.05, 4.69) is 10.2 Å². The highest BCUT2D eigenvalue weighted by molar-refractivity contribution is 5.87. The number of benzene rings is 2. The molecule has 0 radical (unpaired) electrons. The number of aliphatic carboxylic acids is 1. The van der Waals surface area contributed by atoms with Crippen LogP contribution >= 0.6 is 0 Å². The van der Waals surface area contributed by atoms with Gasteiger partial charge in [0.15, 0.2) is 0 Å². The molecule has 2 aromatic heterocycles. The van der Waals surface area contributed by atoms with E-state index in [9.17, 15) is 33.9 Å². The summed E-state index contributed by atoms with van der Waals surface area (Å²) in [6, 6.07) is 13.3. The summed E-state index contributed by atoms with van der Waals surface area (Å²) < 4.78 is 18.3. The van der Waals surface area contributed by atoms with Crippen LogP contribution in [0, 0.1) is 0 Å². The Balaban J connectivity index is 0.000000211.